The van der Waals surface area contributed by atoms with E-state index in [1.54, 1.807) is 0 Å². The number of piperazine rings is 1. The maximum atomic E-state index is 5.70. The molecule has 1 fully saturated rings. The Labute approximate surface area is 159 Å². The summed E-state index contributed by atoms with van der Waals surface area (Å²) in [4.78, 5) is 3.97. The quantitative estimate of drug-likeness (QED) is 0.717. The van der Waals surface area contributed by atoms with Crippen molar-refractivity contribution < 1.29 is 4.90 Å². The Hall–Kier alpha value is -2.44. The average Bonchev–Trinajstić information content (AvgIpc) is 2.97. The molecule has 0 unspecified atom stereocenters. The van der Waals surface area contributed by atoms with E-state index < -0.39 is 0 Å². The molecule has 4 rings (SSSR count). The van der Waals surface area contributed by atoms with E-state index in [0.717, 1.165) is 49.1 Å². The summed E-state index contributed by atoms with van der Waals surface area (Å²) in [7, 11) is 0. The molecule has 134 valence electrons. The van der Waals surface area contributed by atoms with Gasteiger partial charge < -0.3 is 9.80 Å². The Kier molecular flexibility index (Phi) is 4.86. The fraction of sp³-hybridized carbons (Fsp3) is 0.300. The molecule has 5 nitrogen and oxygen atoms in total. The molecular formula is C20H24N5S+. The maximum absolute atomic E-state index is 5.70. The highest BCUT2D eigenvalue weighted by Gasteiger charge is 2.21. The van der Waals surface area contributed by atoms with Crippen molar-refractivity contribution >= 4 is 17.9 Å². The minimum Gasteiger partial charge on any atom is -0.360 e. The van der Waals surface area contributed by atoms with E-state index in [0.29, 0.717) is 0 Å². The fourth-order valence-electron chi connectivity index (χ4n) is 3.58. The van der Waals surface area contributed by atoms with Crippen LogP contribution in [0.5, 0.6) is 0 Å². The number of rotatable bonds is 4. The molecule has 3 aromatic rings. The van der Waals surface area contributed by atoms with Gasteiger partial charge in [-0.2, -0.15) is 9.78 Å². The molecule has 6 heteroatoms. The number of hydrogen-bond donors (Lipinski definition) is 1. The molecule has 0 radical (unpaired) electrons. The maximum Gasteiger partial charge on any atom is 0.207 e. The summed E-state index contributed by atoms with van der Waals surface area (Å²) in [6, 6.07) is 20.9. The second-order valence-electron chi connectivity index (χ2n) is 6.73. The lowest BCUT2D eigenvalue weighted by atomic mass is 10.2. The van der Waals surface area contributed by atoms with Gasteiger partial charge in [-0.25, -0.2) is 0 Å². The van der Waals surface area contributed by atoms with Gasteiger partial charge in [0.05, 0.1) is 26.2 Å². The first kappa shape index (κ1) is 17.0. The van der Waals surface area contributed by atoms with Gasteiger partial charge in [-0.05, 0) is 43.4 Å². The van der Waals surface area contributed by atoms with E-state index >= 15 is 0 Å². The van der Waals surface area contributed by atoms with Crippen LogP contribution in [0.2, 0.25) is 0 Å². The Morgan fingerprint density at radius 2 is 1.50 bits per heavy atom. The van der Waals surface area contributed by atoms with Crippen LogP contribution in [0.25, 0.3) is 5.69 Å². The van der Waals surface area contributed by atoms with E-state index in [-0.39, 0.29) is 0 Å². The van der Waals surface area contributed by atoms with E-state index in [1.807, 2.05) is 29.8 Å². The third kappa shape index (κ3) is 3.43. The monoisotopic (exact) mass is 366 g/mol. The SMILES string of the molecule is Cc1nn(C[NH+]2CCN(c3ccccc3)CC2)c(=S)n1-c1ccccc1. The molecule has 1 N–H and O–H groups in total. The first-order valence-electron chi connectivity index (χ1n) is 9.08. The number of para-hydroxylation sites is 2. The standard InChI is InChI=1S/C20H23N5S/c1-17-21-24(20(26)25(17)19-10-6-3-7-11-19)16-22-12-14-23(15-13-22)18-8-4-2-5-9-18/h2-11H,12-16H2,1H3/p+1. The molecule has 0 bridgehead atoms. The van der Waals surface area contributed by atoms with Crippen molar-refractivity contribution in [2.45, 2.75) is 13.6 Å². The summed E-state index contributed by atoms with van der Waals surface area (Å²) in [5.41, 5.74) is 2.39. The molecule has 1 aliphatic rings. The minimum atomic E-state index is 0.770. The molecular weight excluding hydrogens is 342 g/mol. The van der Waals surface area contributed by atoms with Crippen LogP contribution in [-0.2, 0) is 6.67 Å². The highest BCUT2D eigenvalue weighted by Crippen LogP contribution is 2.13. The van der Waals surface area contributed by atoms with Gasteiger partial charge in [-0.1, -0.05) is 36.4 Å². The normalized spacial score (nSPS) is 15.3. The zero-order chi connectivity index (χ0) is 17.9. The number of nitrogens with zero attached hydrogens (tertiary/aromatic N) is 4. The summed E-state index contributed by atoms with van der Waals surface area (Å²) in [6.45, 7) is 7.14. The van der Waals surface area contributed by atoms with Gasteiger partial charge in [0.25, 0.3) is 0 Å². The zero-order valence-corrected chi connectivity index (χ0v) is 15.8. The van der Waals surface area contributed by atoms with E-state index in [2.05, 4.69) is 51.9 Å². The predicted molar refractivity (Wildman–Crippen MR) is 106 cm³/mol. The van der Waals surface area contributed by atoms with Gasteiger partial charge in [0.15, 0.2) is 6.67 Å². The first-order chi connectivity index (χ1) is 12.7. The molecule has 0 saturated carbocycles. The van der Waals surface area contributed by atoms with Crippen LogP contribution >= 0.6 is 12.2 Å². The van der Waals surface area contributed by atoms with Gasteiger partial charge in [0.2, 0.25) is 4.77 Å². The molecule has 0 atom stereocenters. The molecule has 26 heavy (non-hydrogen) atoms. The lowest BCUT2D eigenvalue weighted by Crippen LogP contribution is -3.14. The molecule has 2 heterocycles. The lowest BCUT2D eigenvalue weighted by molar-refractivity contribution is -0.924. The Morgan fingerprint density at radius 3 is 2.12 bits per heavy atom. The van der Waals surface area contributed by atoms with E-state index in [9.17, 15) is 0 Å². The van der Waals surface area contributed by atoms with Gasteiger partial charge in [0, 0.05) is 11.4 Å². The minimum absolute atomic E-state index is 0.770. The van der Waals surface area contributed by atoms with Crippen LogP contribution in [0.4, 0.5) is 5.69 Å². The van der Waals surface area contributed by atoms with Crippen LogP contribution in [0, 0.1) is 11.7 Å². The van der Waals surface area contributed by atoms with Crippen molar-refractivity contribution in [1.82, 2.24) is 14.3 Å². The van der Waals surface area contributed by atoms with Crippen LogP contribution in [0.1, 0.15) is 5.82 Å². The van der Waals surface area contributed by atoms with Crippen LogP contribution in [0.3, 0.4) is 0 Å². The van der Waals surface area contributed by atoms with Gasteiger partial charge >= 0.3 is 0 Å². The van der Waals surface area contributed by atoms with Crippen LogP contribution in [-0.4, -0.2) is 40.5 Å². The number of anilines is 1. The molecule has 0 spiro atoms. The number of quaternary nitrogens is 1. The fourth-order valence-corrected chi connectivity index (χ4v) is 3.93. The molecule has 2 aromatic carbocycles. The van der Waals surface area contributed by atoms with Crippen LogP contribution in [0.15, 0.2) is 60.7 Å². The molecule has 1 saturated heterocycles. The zero-order valence-electron chi connectivity index (χ0n) is 15.0. The largest absolute Gasteiger partial charge is 0.360 e. The first-order valence-corrected chi connectivity index (χ1v) is 9.48. The number of benzene rings is 2. The Balaban J connectivity index is 1.45. The molecule has 0 amide bonds. The summed E-state index contributed by atoms with van der Waals surface area (Å²) in [6.07, 6.45) is 0. The smallest absolute Gasteiger partial charge is 0.207 e. The highest BCUT2D eigenvalue weighted by molar-refractivity contribution is 7.71. The topological polar surface area (TPSA) is 30.4 Å². The van der Waals surface area contributed by atoms with Gasteiger partial charge in [-0.15, -0.1) is 0 Å². The predicted octanol–water partition coefficient (Wildman–Crippen LogP) is 2.07. The number of aryl methyl sites for hydroxylation is 1. The van der Waals surface area contributed by atoms with Crippen molar-refractivity contribution in [2.24, 2.45) is 0 Å². The highest BCUT2D eigenvalue weighted by atomic mass is 32.1. The number of hydrogen-bond acceptors (Lipinski definition) is 3. The van der Waals surface area contributed by atoms with Crippen molar-refractivity contribution in [3.63, 3.8) is 0 Å². The Morgan fingerprint density at radius 1 is 0.923 bits per heavy atom. The van der Waals surface area contributed by atoms with Gasteiger partial charge in [-0.3, -0.25) is 4.57 Å². The van der Waals surface area contributed by atoms with Crippen LogP contribution < -0.4 is 9.80 Å². The van der Waals surface area contributed by atoms with Crippen molar-refractivity contribution in [3.8, 4) is 5.69 Å². The summed E-state index contributed by atoms with van der Waals surface area (Å²) < 4.78 is 4.80. The third-order valence-electron chi connectivity index (χ3n) is 4.98. The summed E-state index contributed by atoms with van der Waals surface area (Å²) in [5, 5.41) is 4.70. The summed E-state index contributed by atoms with van der Waals surface area (Å²) >= 11 is 5.70. The third-order valence-corrected chi connectivity index (χ3v) is 5.37. The van der Waals surface area contributed by atoms with E-state index in [1.165, 1.54) is 10.6 Å². The number of nitrogens with one attached hydrogen (secondary N) is 1. The van der Waals surface area contributed by atoms with Crippen molar-refractivity contribution in [3.05, 3.63) is 71.3 Å². The lowest BCUT2D eigenvalue weighted by Gasteiger charge is -2.33. The van der Waals surface area contributed by atoms with Gasteiger partial charge in [0.1, 0.15) is 5.82 Å². The second-order valence-corrected chi connectivity index (χ2v) is 7.10. The summed E-state index contributed by atoms with van der Waals surface area (Å²) in [5.74, 6) is 0.934. The molecule has 1 aliphatic heterocycles. The molecule has 1 aromatic heterocycles. The Bertz CT molecular complexity index is 908. The second kappa shape index (κ2) is 7.43. The number of aromatic nitrogens is 3. The van der Waals surface area contributed by atoms with E-state index in [4.69, 9.17) is 17.3 Å². The average molecular weight is 367 g/mol. The van der Waals surface area contributed by atoms with Crippen molar-refractivity contribution in [1.29, 1.82) is 0 Å². The van der Waals surface area contributed by atoms with Crippen molar-refractivity contribution in [2.75, 3.05) is 31.1 Å². The molecule has 0 aliphatic carbocycles.